The smallest absolute Gasteiger partial charge is 0.127 e. The molecule has 2 rings (SSSR count). The summed E-state index contributed by atoms with van der Waals surface area (Å²) < 4.78 is 13.7. The summed E-state index contributed by atoms with van der Waals surface area (Å²) in [5, 5.41) is 4.40. The van der Waals surface area contributed by atoms with Crippen LogP contribution in [0, 0.1) is 5.82 Å². The van der Waals surface area contributed by atoms with Crippen LogP contribution in [-0.4, -0.2) is 17.5 Å². The molecule has 0 saturated heterocycles. The van der Waals surface area contributed by atoms with Crippen LogP contribution in [0.5, 0.6) is 0 Å². The molecule has 1 aromatic rings. The van der Waals surface area contributed by atoms with Crippen LogP contribution in [-0.2, 0) is 0 Å². The van der Waals surface area contributed by atoms with Crippen molar-refractivity contribution in [1.29, 1.82) is 0 Å². The first-order chi connectivity index (χ1) is 8.70. The van der Waals surface area contributed by atoms with E-state index in [-0.39, 0.29) is 11.9 Å². The Kier molecular flexibility index (Phi) is 5.07. The Morgan fingerprint density at radius 3 is 2.50 bits per heavy atom. The minimum absolute atomic E-state index is 0.0991. The number of hydrogen-bond donors (Lipinski definition) is 1. The van der Waals surface area contributed by atoms with E-state index in [9.17, 15) is 4.39 Å². The highest BCUT2D eigenvalue weighted by Crippen LogP contribution is 2.28. The van der Waals surface area contributed by atoms with E-state index in [1.165, 1.54) is 31.7 Å². The molecule has 1 N–H and O–H groups in total. The highest BCUT2D eigenvalue weighted by atomic mass is 32.2. The molecular formula is C15H22FNS. The summed E-state index contributed by atoms with van der Waals surface area (Å²) in [7, 11) is 0. The Labute approximate surface area is 114 Å². The van der Waals surface area contributed by atoms with Gasteiger partial charge in [-0.25, -0.2) is 4.39 Å². The molecule has 0 radical (unpaired) electrons. The van der Waals surface area contributed by atoms with Gasteiger partial charge in [-0.05, 0) is 44.9 Å². The van der Waals surface area contributed by atoms with Gasteiger partial charge in [0.25, 0.3) is 0 Å². The van der Waals surface area contributed by atoms with E-state index >= 15 is 0 Å². The van der Waals surface area contributed by atoms with Gasteiger partial charge < -0.3 is 5.32 Å². The molecule has 1 atom stereocenters. The van der Waals surface area contributed by atoms with Crippen LogP contribution in [0.25, 0.3) is 0 Å². The van der Waals surface area contributed by atoms with Crippen LogP contribution < -0.4 is 5.32 Å². The van der Waals surface area contributed by atoms with Crippen LogP contribution in [0.1, 0.15) is 44.2 Å². The number of nitrogens with one attached hydrogen (secondary N) is 1. The molecule has 0 heterocycles. The first-order valence-electron chi connectivity index (χ1n) is 6.74. The largest absolute Gasteiger partial charge is 0.307 e. The number of rotatable bonds is 4. The first kappa shape index (κ1) is 13.9. The van der Waals surface area contributed by atoms with Crippen molar-refractivity contribution in [3.05, 3.63) is 35.6 Å². The second-order valence-electron chi connectivity index (χ2n) is 5.12. The summed E-state index contributed by atoms with van der Waals surface area (Å²) in [6.45, 7) is 2.05. The summed E-state index contributed by atoms with van der Waals surface area (Å²) in [5.74, 6) is -0.102. The summed E-state index contributed by atoms with van der Waals surface area (Å²) in [6.07, 6.45) is 7.18. The van der Waals surface area contributed by atoms with Gasteiger partial charge in [-0.2, -0.15) is 11.8 Å². The second kappa shape index (κ2) is 6.58. The molecule has 3 heteroatoms. The average Bonchev–Trinajstić information content (AvgIpc) is 2.40. The second-order valence-corrected chi connectivity index (χ2v) is 6.26. The van der Waals surface area contributed by atoms with Crippen LogP contribution in [0.3, 0.4) is 0 Å². The molecule has 1 fully saturated rings. The molecule has 18 heavy (non-hydrogen) atoms. The Morgan fingerprint density at radius 1 is 1.22 bits per heavy atom. The van der Waals surface area contributed by atoms with E-state index in [0.29, 0.717) is 6.04 Å². The highest BCUT2D eigenvalue weighted by Gasteiger charge is 2.22. The third-order valence-electron chi connectivity index (χ3n) is 3.86. The summed E-state index contributed by atoms with van der Waals surface area (Å²) in [6, 6.07) is 7.71. The maximum atomic E-state index is 13.7. The molecule has 0 amide bonds. The van der Waals surface area contributed by atoms with Gasteiger partial charge in [-0.15, -0.1) is 0 Å². The van der Waals surface area contributed by atoms with E-state index in [0.717, 1.165) is 10.8 Å². The summed E-state index contributed by atoms with van der Waals surface area (Å²) in [4.78, 5) is 0. The van der Waals surface area contributed by atoms with Gasteiger partial charge in [-0.1, -0.05) is 18.2 Å². The molecule has 1 aliphatic rings. The van der Waals surface area contributed by atoms with Crippen molar-refractivity contribution in [2.75, 3.05) is 6.26 Å². The normalized spacial score (nSPS) is 25.9. The number of halogens is 1. The predicted octanol–water partition coefficient (Wildman–Crippen LogP) is 4.15. The summed E-state index contributed by atoms with van der Waals surface area (Å²) in [5.41, 5.74) is 0.782. The van der Waals surface area contributed by atoms with Crippen molar-refractivity contribution >= 4 is 11.8 Å². The lowest BCUT2D eigenvalue weighted by Crippen LogP contribution is -2.35. The molecule has 1 nitrogen and oxygen atoms in total. The van der Waals surface area contributed by atoms with Crippen molar-refractivity contribution in [1.82, 2.24) is 5.32 Å². The Hall–Kier alpha value is -0.540. The Bertz CT molecular complexity index is 375. The molecule has 100 valence electrons. The molecule has 1 aromatic carbocycles. The average molecular weight is 267 g/mol. The molecule has 1 unspecified atom stereocenters. The fourth-order valence-corrected chi connectivity index (χ4v) is 3.48. The lowest BCUT2D eigenvalue weighted by atomic mass is 9.93. The van der Waals surface area contributed by atoms with Gasteiger partial charge in [0.1, 0.15) is 5.82 Å². The van der Waals surface area contributed by atoms with Crippen molar-refractivity contribution in [2.45, 2.75) is 49.9 Å². The quantitative estimate of drug-likeness (QED) is 0.879. The Morgan fingerprint density at radius 2 is 1.89 bits per heavy atom. The number of thioether (sulfide) groups is 1. The number of benzene rings is 1. The van der Waals surface area contributed by atoms with Gasteiger partial charge in [0, 0.05) is 22.9 Å². The summed E-state index contributed by atoms with van der Waals surface area (Å²) >= 11 is 1.98. The van der Waals surface area contributed by atoms with Crippen molar-refractivity contribution in [3.8, 4) is 0 Å². The molecule has 0 spiro atoms. The molecule has 1 aliphatic carbocycles. The monoisotopic (exact) mass is 267 g/mol. The predicted molar refractivity (Wildman–Crippen MR) is 77.5 cm³/mol. The lowest BCUT2D eigenvalue weighted by Gasteiger charge is -2.30. The van der Waals surface area contributed by atoms with Gasteiger partial charge in [-0.3, -0.25) is 0 Å². The van der Waals surface area contributed by atoms with Gasteiger partial charge in [0.15, 0.2) is 0 Å². The van der Waals surface area contributed by atoms with Gasteiger partial charge >= 0.3 is 0 Å². The topological polar surface area (TPSA) is 12.0 Å². The zero-order chi connectivity index (χ0) is 13.0. The molecule has 0 aromatic heterocycles. The third-order valence-corrected chi connectivity index (χ3v) is 5.00. The van der Waals surface area contributed by atoms with Crippen molar-refractivity contribution in [3.63, 3.8) is 0 Å². The SMILES string of the molecule is CS[C@H]1CC[C@H](NC(C)c2ccccc2F)CC1. The Balaban J connectivity index is 1.89. The van der Waals surface area contributed by atoms with E-state index in [1.54, 1.807) is 6.07 Å². The zero-order valence-electron chi connectivity index (χ0n) is 11.2. The lowest BCUT2D eigenvalue weighted by molar-refractivity contribution is 0.348. The molecule has 0 bridgehead atoms. The minimum atomic E-state index is -0.102. The fourth-order valence-electron chi connectivity index (χ4n) is 2.73. The van der Waals surface area contributed by atoms with E-state index < -0.39 is 0 Å². The highest BCUT2D eigenvalue weighted by molar-refractivity contribution is 7.99. The number of hydrogen-bond acceptors (Lipinski definition) is 2. The standard InChI is InChI=1S/C15H22FNS/c1-11(14-5-3-4-6-15(14)16)17-12-7-9-13(18-2)10-8-12/h3-6,11-13,17H,7-10H2,1-2H3/t11?,12-,13-. The van der Waals surface area contributed by atoms with E-state index in [4.69, 9.17) is 0 Å². The van der Waals surface area contributed by atoms with Crippen molar-refractivity contribution < 1.29 is 4.39 Å². The maximum Gasteiger partial charge on any atom is 0.127 e. The van der Waals surface area contributed by atoms with Crippen molar-refractivity contribution in [2.24, 2.45) is 0 Å². The maximum absolute atomic E-state index is 13.7. The van der Waals surface area contributed by atoms with E-state index in [1.807, 2.05) is 23.9 Å². The van der Waals surface area contributed by atoms with Gasteiger partial charge in [0.2, 0.25) is 0 Å². The zero-order valence-corrected chi connectivity index (χ0v) is 12.0. The molecule has 0 aliphatic heterocycles. The van der Waals surface area contributed by atoms with Crippen LogP contribution in [0.4, 0.5) is 4.39 Å². The van der Waals surface area contributed by atoms with Crippen LogP contribution in [0.2, 0.25) is 0 Å². The third kappa shape index (κ3) is 3.48. The molecular weight excluding hydrogens is 245 g/mol. The van der Waals surface area contributed by atoms with Crippen LogP contribution >= 0.6 is 11.8 Å². The first-order valence-corrected chi connectivity index (χ1v) is 8.02. The minimum Gasteiger partial charge on any atom is -0.307 e. The fraction of sp³-hybridized carbons (Fsp3) is 0.600. The van der Waals surface area contributed by atoms with Crippen LogP contribution in [0.15, 0.2) is 24.3 Å². The van der Waals surface area contributed by atoms with Gasteiger partial charge in [0.05, 0.1) is 0 Å². The van der Waals surface area contributed by atoms with E-state index in [2.05, 4.69) is 18.5 Å². The molecule has 1 saturated carbocycles.